The number of methoxy groups -OCH3 is 2. The van der Waals surface area contributed by atoms with Gasteiger partial charge in [-0.25, -0.2) is 0 Å². The van der Waals surface area contributed by atoms with Crippen LogP contribution in [-0.2, 0) is 11.8 Å². The van der Waals surface area contributed by atoms with Crippen LogP contribution < -0.4 is 14.8 Å². The molecule has 0 bridgehead atoms. The third kappa shape index (κ3) is 4.28. The lowest BCUT2D eigenvalue weighted by atomic mass is 10.1. The van der Waals surface area contributed by atoms with Crippen LogP contribution in [0.1, 0.15) is 29.6 Å². The molecular weight excluding hydrogens is 400 g/mol. The summed E-state index contributed by atoms with van der Waals surface area (Å²) in [7, 11) is 5.10. The molecule has 1 aliphatic rings. The van der Waals surface area contributed by atoms with Crippen LogP contribution in [0.25, 0.3) is 0 Å². The molecular formula is C22H24N4O3S. The van der Waals surface area contributed by atoms with Gasteiger partial charge in [-0.1, -0.05) is 42.1 Å². The van der Waals surface area contributed by atoms with Crippen molar-refractivity contribution in [3.05, 3.63) is 59.9 Å². The lowest BCUT2D eigenvalue weighted by molar-refractivity contribution is -0.113. The smallest absolute Gasteiger partial charge is 0.234 e. The Kier molecular flexibility index (Phi) is 5.94. The molecule has 4 rings (SSSR count). The first-order chi connectivity index (χ1) is 14.6. The number of thioether (sulfide) groups is 1. The van der Waals surface area contributed by atoms with Crippen molar-refractivity contribution in [2.24, 2.45) is 7.05 Å². The summed E-state index contributed by atoms with van der Waals surface area (Å²) in [5, 5.41) is 12.3. The van der Waals surface area contributed by atoms with Crippen molar-refractivity contribution < 1.29 is 14.3 Å². The zero-order chi connectivity index (χ0) is 21.1. The first-order valence-corrected chi connectivity index (χ1v) is 10.7. The van der Waals surface area contributed by atoms with Gasteiger partial charge in [-0.3, -0.25) is 4.79 Å². The van der Waals surface area contributed by atoms with Crippen molar-refractivity contribution in [1.82, 2.24) is 14.8 Å². The van der Waals surface area contributed by atoms with E-state index in [1.807, 2.05) is 17.7 Å². The molecule has 30 heavy (non-hydrogen) atoms. The van der Waals surface area contributed by atoms with E-state index in [0.717, 1.165) is 17.4 Å². The number of carbonyl (C=O) groups excluding carboxylic acids is 1. The lowest BCUT2D eigenvalue weighted by Crippen LogP contribution is -2.15. The number of nitrogens with one attached hydrogen (secondary N) is 1. The van der Waals surface area contributed by atoms with Crippen LogP contribution in [-0.4, -0.2) is 40.6 Å². The molecule has 8 heteroatoms. The van der Waals surface area contributed by atoms with E-state index >= 15 is 0 Å². The minimum Gasteiger partial charge on any atom is -0.497 e. The van der Waals surface area contributed by atoms with E-state index in [4.69, 9.17) is 9.47 Å². The first-order valence-electron chi connectivity index (χ1n) is 9.69. The summed E-state index contributed by atoms with van der Waals surface area (Å²) in [5.41, 5.74) is 1.94. The molecule has 0 spiro atoms. The predicted molar refractivity (Wildman–Crippen MR) is 116 cm³/mol. The second kappa shape index (κ2) is 8.79. The maximum Gasteiger partial charge on any atom is 0.234 e. The highest BCUT2D eigenvalue weighted by Crippen LogP contribution is 2.54. The van der Waals surface area contributed by atoms with Gasteiger partial charge < -0.3 is 19.4 Å². The Labute approximate surface area is 179 Å². The molecule has 1 aliphatic carbocycles. The van der Waals surface area contributed by atoms with Crippen molar-refractivity contribution in [2.45, 2.75) is 23.4 Å². The molecule has 156 valence electrons. The summed E-state index contributed by atoms with van der Waals surface area (Å²) < 4.78 is 12.5. The van der Waals surface area contributed by atoms with Crippen LogP contribution in [0.5, 0.6) is 11.5 Å². The summed E-state index contributed by atoms with van der Waals surface area (Å²) in [6.07, 6.45) is 1.08. The van der Waals surface area contributed by atoms with Gasteiger partial charge in [-0.2, -0.15) is 0 Å². The molecule has 1 heterocycles. The van der Waals surface area contributed by atoms with E-state index in [2.05, 4.69) is 39.8 Å². The molecule has 0 radical (unpaired) electrons. The molecule has 0 saturated heterocycles. The fourth-order valence-corrected chi connectivity index (χ4v) is 4.26. The van der Waals surface area contributed by atoms with Crippen molar-refractivity contribution >= 4 is 23.4 Å². The molecule has 2 atom stereocenters. The third-order valence-electron chi connectivity index (χ3n) is 5.23. The number of hydrogen-bond donors (Lipinski definition) is 1. The summed E-state index contributed by atoms with van der Waals surface area (Å²) >= 11 is 1.37. The molecule has 0 aliphatic heterocycles. The Morgan fingerprint density at radius 2 is 1.93 bits per heavy atom. The minimum atomic E-state index is -0.137. The van der Waals surface area contributed by atoms with Gasteiger partial charge in [0.05, 0.1) is 25.7 Å². The topological polar surface area (TPSA) is 78.3 Å². The monoisotopic (exact) mass is 424 g/mol. The number of benzene rings is 2. The SMILES string of the molecule is COc1ccc(NC(=O)CSc2nnc(C3CC3c3ccccc3)n2C)c(OC)c1. The summed E-state index contributed by atoms with van der Waals surface area (Å²) in [4.78, 5) is 12.4. The Hall–Kier alpha value is -3.00. The number of amides is 1. The van der Waals surface area contributed by atoms with Crippen molar-refractivity contribution in [3.63, 3.8) is 0 Å². The fraction of sp³-hybridized carbons (Fsp3) is 0.318. The van der Waals surface area contributed by atoms with Crippen LogP contribution in [0.3, 0.4) is 0 Å². The normalized spacial score (nSPS) is 17.4. The van der Waals surface area contributed by atoms with E-state index in [1.165, 1.54) is 17.3 Å². The highest BCUT2D eigenvalue weighted by Gasteiger charge is 2.42. The van der Waals surface area contributed by atoms with Crippen LogP contribution in [0, 0.1) is 0 Å². The van der Waals surface area contributed by atoms with Gasteiger partial charge in [0.1, 0.15) is 17.3 Å². The van der Waals surface area contributed by atoms with Crippen molar-refractivity contribution in [1.29, 1.82) is 0 Å². The van der Waals surface area contributed by atoms with Gasteiger partial charge in [-0.05, 0) is 30.0 Å². The van der Waals surface area contributed by atoms with E-state index in [9.17, 15) is 4.79 Å². The zero-order valence-electron chi connectivity index (χ0n) is 17.2. The van der Waals surface area contributed by atoms with Gasteiger partial charge in [0.2, 0.25) is 5.91 Å². The second-order valence-corrected chi connectivity index (χ2v) is 8.10. The maximum atomic E-state index is 12.4. The van der Waals surface area contributed by atoms with E-state index in [1.54, 1.807) is 32.4 Å². The van der Waals surface area contributed by atoms with Crippen molar-refractivity contribution in [2.75, 3.05) is 25.3 Å². The molecule has 1 N–H and O–H groups in total. The molecule has 1 amide bonds. The van der Waals surface area contributed by atoms with Gasteiger partial charge in [0, 0.05) is 19.0 Å². The van der Waals surface area contributed by atoms with Crippen LogP contribution in [0.2, 0.25) is 0 Å². The van der Waals surface area contributed by atoms with Crippen LogP contribution in [0.4, 0.5) is 5.69 Å². The number of nitrogens with zero attached hydrogens (tertiary/aromatic N) is 3. The molecule has 3 aromatic rings. The average Bonchev–Trinajstić information content (AvgIpc) is 3.49. The number of anilines is 1. The standard InChI is InChI=1S/C22H24N4O3S/c1-26-21(17-12-16(17)14-7-5-4-6-8-14)24-25-22(26)30-13-20(27)23-18-10-9-15(28-2)11-19(18)29-3/h4-11,16-17H,12-13H2,1-3H3,(H,23,27). The first kappa shape index (κ1) is 20.3. The van der Waals surface area contributed by atoms with E-state index in [-0.39, 0.29) is 11.7 Å². The van der Waals surface area contributed by atoms with E-state index < -0.39 is 0 Å². The lowest BCUT2D eigenvalue weighted by Gasteiger charge is -2.11. The largest absolute Gasteiger partial charge is 0.497 e. The molecule has 2 unspecified atom stereocenters. The second-order valence-electron chi connectivity index (χ2n) is 7.16. The summed E-state index contributed by atoms with van der Waals surface area (Å²) in [6, 6.07) is 15.8. The van der Waals surface area contributed by atoms with Crippen molar-refractivity contribution in [3.8, 4) is 11.5 Å². The fourth-order valence-electron chi connectivity index (χ4n) is 3.54. The Balaban J connectivity index is 1.35. The van der Waals surface area contributed by atoms with Crippen LogP contribution >= 0.6 is 11.8 Å². The number of hydrogen-bond acceptors (Lipinski definition) is 6. The van der Waals surface area contributed by atoms with Crippen LogP contribution in [0.15, 0.2) is 53.7 Å². The highest BCUT2D eigenvalue weighted by molar-refractivity contribution is 7.99. The van der Waals surface area contributed by atoms with Gasteiger partial charge in [0.15, 0.2) is 5.16 Å². The van der Waals surface area contributed by atoms with Gasteiger partial charge >= 0.3 is 0 Å². The molecule has 2 aromatic carbocycles. The molecule has 1 fully saturated rings. The third-order valence-corrected chi connectivity index (χ3v) is 6.25. The minimum absolute atomic E-state index is 0.137. The van der Waals surface area contributed by atoms with Gasteiger partial charge in [-0.15, -0.1) is 10.2 Å². The number of aromatic nitrogens is 3. The summed E-state index contributed by atoms with van der Waals surface area (Å²) in [5.74, 6) is 3.17. The number of ether oxygens (including phenoxy) is 2. The Morgan fingerprint density at radius 1 is 1.13 bits per heavy atom. The predicted octanol–water partition coefficient (Wildman–Crippen LogP) is 3.83. The zero-order valence-corrected chi connectivity index (χ0v) is 18.0. The van der Waals surface area contributed by atoms with Gasteiger partial charge in [0.25, 0.3) is 0 Å². The Bertz CT molecular complexity index is 1040. The number of carbonyl (C=O) groups is 1. The Morgan fingerprint density at radius 3 is 2.67 bits per heavy atom. The molecule has 1 aromatic heterocycles. The maximum absolute atomic E-state index is 12.4. The molecule has 7 nitrogen and oxygen atoms in total. The average molecular weight is 425 g/mol. The highest BCUT2D eigenvalue weighted by atomic mass is 32.2. The molecule has 1 saturated carbocycles. The number of rotatable bonds is 8. The summed E-state index contributed by atoms with van der Waals surface area (Å²) in [6.45, 7) is 0. The quantitative estimate of drug-likeness (QED) is 0.554. The van der Waals surface area contributed by atoms with E-state index in [0.29, 0.717) is 29.0 Å².